The maximum atomic E-state index is 11.1. The Balaban J connectivity index is 1.45. The summed E-state index contributed by atoms with van der Waals surface area (Å²) >= 11 is 0. The van der Waals surface area contributed by atoms with Crippen molar-refractivity contribution in [3.8, 4) is 0 Å². The van der Waals surface area contributed by atoms with Crippen LogP contribution in [0.2, 0.25) is 0 Å². The molecule has 1 N–H and O–H groups in total. The van der Waals surface area contributed by atoms with Gasteiger partial charge in [0, 0.05) is 32.5 Å². The maximum absolute atomic E-state index is 11.1. The van der Waals surface area contributed by atoms with E-state index in [4.69, 9.17) is 9.84 Å². The van der Waals surface area contributed by atoms with Gasteiger partial charge in [-0.25, -0.2) is 4.79 Å². The van der Waals surface area contributed by atoms with E-state index in [1.54, 1.807) is 12.4 Å². The van der Waals surface area contributed by atoms with Gasteiger partial charge in [0.1, 0.15) is 11.0 Å². The van der Waals surface area contributed by atoms with E-state index in [-0.39, 0.29) is 0 Å². The molecule has 4 rings (SSSR count). The predicted octanol–water partition coefficient (Wildman–Crippen LogP) is 3.86. The Morgan fingerprint density at radius 2 is 1.59 bits per heavy atom. The van der Waals surface area contributed by atoms with Crippen molar-refractivity contribution in [3.05, 3.63) is 72.1 Å². The highest BCUT2D eigenvalue weighted by Crippen LogP contribution is 2.25. The maximum Gasteiger partial charge on any atom is 0.333 e. The van der Waals surface area contributed by atoms with E-state index < -0.39 is 12.1 Å². The number of aliphatic carboxylic acids is 1. The number of aryl methyl sites for hydroxylation is 2. The zero-order valence-electron chi connectivity index (χ0n) is 16.3. The number of pyridine rings is 2. The number of ether oxygens (including phenoxy) is 1. The summed E-state index contributed by atoms with van der Waals surface area (Å²) in [5.41, 5.74) is 6.29. The van der Waals surface area contributed by atoms with Crippen LogP contribution in [-0.2, 0) is 28.9 Å². The topological polar surface area (TPSA) is 77.2 Å². The van der Waals surface area contributed by atoms with Crippen LogP contribution in [-0.4, -0.2) is 38.8 Å². The van der Waals surface area contributed by atoms with Gasteiger partial charge in [-0.3, -0.25) is 9.97 Å². The number of carboxylic acid groups (broad SMARTS) is 1. The zero-order valence-corrected chi connectivity index (χ0v) is 16.3. The van der Waals surface area contributed by atoms with Crippen molar-refractivity contribution in [1.29, 1.82) is 0 Å². The summed E-state index contributed by atoms with van der Waals surface area (Å²) < 4.78 is 7.30. The lowest BCUT2D eigenvalue weighted by Gasteiger charge is -2.11. The lowest BCUT2D eigenvalue weighted by Crippen LogP contribution is -2.24. The molecule has 148 valence electrons. The lowest BCUT2D eigenvalue weighted by atomic mass is 10.0. The van der Waals surface area contributed by atoms with Crippen molar-refractivity contribution in [2.75, 3.05) is 7.11 Å². The normalized spacial score (nSPS) is 12.4. The number of nitrogens with zero attached hydrogens (tertiary/aromatic N) is 3. The molecule has 6 nitrogen and oxygen atoms in total. The van der Waals surface area contributed by atoms with Crippen LogP contribution < -0.4 is 0 Å². The highest BCUT2D eigenvalue weighted by molar-refractivity contribution is 6.02. The molecule has 0 amide bonds. The smallest absolute Gasteiger partial charge is 0.333 e. The first-order valence-corrected chi connectivity index (χ1v) is 9.68. The number of fused-ring (bicyclic) bond motifs is 3. The summed E-state index contributed by atoms with van der Waals surface area (Å²) in [6, 6.07) is 16.2. The molecule has 0 aliphatic carbocycles. The fourth-order valence-electron chi connectivity index (χ4n) is 3.73. The second-order valence-corrected chi connectivity index (χ2v) is 7.08. The van der Waals surface area contributed by atoms with E-state index in [9.17, 15) is 4.79 Å². The minimum atomic E-state index is -0.938. The quantitative estimate of drug-likeness (QED) is 0.495. The molecule has 1 aromatic carbocycles. The molecule has 0 aliphatic heterocycles. The van der Waals surface area contributed by atoms with Gasteiger partial charge in [0.25, 0.3) is 0 Å². The van der Waals surface area contributed by atoms with Gasteiger partial charge in [0.05, 0.1) is 11.0 Å². The van der Waals surface area contributed by atoms with Crippen LogP contribution in [0.3, 0.4) is 0 Å². The van der Waals surface area contributed by atoms with Crippen LogP contribution in [0.15, 0.2) is 60.9 Å². The molecule has 3 heterocycles. The van der Waals surface area contributed by atoms with Gasteiger partial charge < -0.3 is 14.4 Å². The Kier molecular flexibility index (Phi) is 5.53. The number of carbonyl (C=O) groups is 1. The standard InChI is InChI=1S/C23H23N3O3/c1-29-20(23(27)28)15-17-10-8-16(9-11-17)5-4-14-26-18-6-2-12-24-21(18)22-19(26)7-3-13-25-22/h2-3,6-13,20H,4-5,14-15H2,1H3,(H,27,28). The molecule has 4 aromatic rings. The predicted molar refractivity (Wildman–Crippen MR) is 112 cm³/mol. The third kappa shape index (κ3) is 3.98. The van der Waals surface area contributed by atoms with Crippen LogP contribution in [0.4, 0.5) is 0 Å². The van der Waals surface area contributed by atoms with Crippen molar-refractivity contribution < 1.29 is 14.6 Å². The number of hydrogen-bond donors (Lipinski definition) is 1. The van der Waals surface area contributed by atoms with E-state index in [1.807, 2.05) is 24.3 Å². The van der Waals surface area contributed by atoms with Crippen LogP contribution in [0.1, 0.15) is 17.5 Å². The number of rotatable bonds is 8. The Labute approximate surface area is 168 Å². The Morgan fingerprint density at radius 1 is 1.00 bits per heavy atom. The Bertz CT molecular complexity index is 1080. The van der Waals surface area contributed by atoms with Crippen LogP contribution in [0.5, 0.6) is 0 Å². The summed E-state index contributed by atoms with van der Waals surface area (Å²) in [6.45, 7) is 0.879. The summed E-state index contributed by atoms with van der Waals surface area (Å²) in [4.78, 5) is 20.1. The van der Waals surface area contributed by atoms with Gasteiger partial charge in [-0.15, -0.1) is 0 Å². The molecule has 0 fully saturated rings. The molecular formula is C23H23N3O3. The SMILES string of the molecule is COC(Cc1ccc(CCCn2c3cccnc3c3ncccc32)cc1)C(=O)O. The van der Waals surface area contributed by atoms with E-state index in [1.165, 1.54) is 12.7 Å². The molecule has 0 aliphatic rings. The average Bonchev–Trinajstić information content (AvgIpc) is 3.07. The highest BCUT2D eigenvalue weighted by Gasteiger charge is 2.16. The molecular weight excluding hydrogens is 366 g/mol. The first-order valence-electron chi connectivity index (χ1n) is 9.68. The molecule has 0 radical (unpaired) electrons. The van der Waals surface area contributed by atoms with E-state index in [0.717, 1.165) is 47.0 Å². The monoisotopic (exact) mass is 389 g/mol. The number of hydrogen-bond acceptors (Lipinski definition) is 4. The van der Waals surface area contributed by atoms with Gasteiger partial charge in [-0.2, -0.15) is 0 Å². The van der Waals surface area contributed by atoms with Crippen molar-refractivity contribution >= 4 is 28.0 Å². The third-order valence-corrected chi connectivity index (χ3v) is 5.23. The third-order valence-electron chi connectivity index (χ3n) is 5.23. The summed E-state index contributed by atoms with van der Waals surface area (Å²) in [5, 5.41) is 9.11. The summed E-state index contributed by atoms with van der Waals surface area (Å²) in [7, 11) is 1.42. The second kappa shape index (κ2) is 8.41. The van der Waals surface area contributed by atoms with Crippen LogP contribution in [0.25, 0.3) is 22.1 Å². The molecule has 0 bridgehead atoms. The molecule has 1 atom stereocenters. The van der Waals surface area contributed by atoms with E-state index >= 15 is 0 Å². The average molecular weight is 389 g/mol. The minimum absolute atomic E-state index is 0.369. The van der Waals surface area contributed by atoms with Gasteiger partial charge in [0.2, 0.25) is 0 Å². The number of carboxylic acids is 1. The minimum Gasteiger partial charge on any atom is -0.479 e. The first kappa shape index (κ1) is 19.1. The molecule has 3 aromatic heterocycles. The lowest BCUT2D eigenvalue weighted by molar-refractivity contribution is -0.148. The molecule has 0 saturated carbocycles. The zero-order chi connectivity index (χ0) is 20.2. The van der Waals surface area contributed by atoms with Crippen molar-refractivity contribution in [1.82, 2.24) is 14.5 Å². The molecule has 1 unspecified atom stereocenters. The molecule has 29 heavy (non-hydrogen) atoms. The van der Waals surface area contributed by atoms with Crippen molar-refractivity contribution in [3.63, 3.8) is 0 Å². The van der Waals surface area contributed by atoms with Gasteiger partial charge in [-0.1, -0.05) is 24.3 Å². The number of methoxy groups -OCH3 is 1. The Hall–Kier alpha value is -3.25. The van der Waals surface area contributed by atoms with E-state index in [0.29, 0.717) is 6.42 Å². The van der Waals surface area contributed by atoms with Crippen molar-refractivity contribution in [2.24, 2.45) is 0 Å². The number of aromatic nitrogens is 3. The fourth-order valence-corrected chi connectivity index (χ4v) is 3.73. The summed E-state index contributed by atoms with van der Waals surface area (Å²) in [6.07, 6.45) is 5.10. The second-order valence-electron chi connectivity index (χ2n) is 7.08. The van der Waals surface area contributed by atoms with Crippen LogP contribution >= 0.6 is 0 Å². The fraction of sp³-hybridized carbons (Fsp3) is 0.261. The van der Waals surface area contributed by atoms with Gasteiger partial charge in [0.15, 0.2) is 6.10 Å². The first-order chi connectivity index (χ1) is 14.2. The summed E-state index contributed by atoms with van der Waals surface area (Å²) in [5.74, 6) is -0.938. The largest absolute Gasteiger partial charge is 0.479 e. The van der Waals surface area contributed by atoms with E-state index in [2.05, 4.69) is 38.8 Å². The molecule has 0 saturated heterocycles. The number of benzene rings is 1. The Morgan fingerprint density at radius 3 is 2.14 bits per heavy atom. The van der Waals surface area contributed by atoms with Gasteiger partial charge in [-0.05, 0) is 48.2 Å². The van der Waals surface area contributed by atoms with Crippen LogP contribution in [0, 0.1) is 0 Å². The van der Waals surface area contributed by atoms with Gasteiger partial charge >= 0.3 is 5.97 Å². The molecule has 0 spiro atoms. The molecule has 6 heteroatoms. The highest BCUT2D eigenvalue weighted by atomic mass is 16.5. The van der Waals surface area contributed by atoms with Crippen molar-refractivity contribution in [2.45, 2.75) is 31.9 Å².